The standard InChI is InChI=1S/C21H27N3O5S/c1-15(2)23(3)30(27,28)17-9-7-8-16(14-17)21(26)24(13-12-20(22)25)18-10-5-6-11-19(18)29-4/h5-11,14-15H,12-13H2,1-4H3,(H2,22,25). The predicted octanol–water partition coefficient (Wildman–Crippen LogP) is 2.25. The second kappa shape index (κ2) is 9.73. The lowest BCUT2D eigenvalue weighted by molar-refractivity contribution is -0.117. The molecule has 0 radical (unpaired) electrons. The number of nitrogens with two attached hydrogens (primary N) is 1. The molecule has 2 N–H and O–H groups in total. The highest BCUT2D eigenvalue weighted by molar-refractivity contribution is 7.89. The third kappa shape index (κ3) is 5.17. The van der Waals surface area contributed by atoms with Crippen LogP contribution in [0, 0.1) is 0 Å². The number of carbonyl (C=O) groups excluding carboxylic acids is 2. The first kappa shape index (κ1) is 23.4. The van der Waals surface area contributed by atoms with E-state index in [1.165, 1.54) is 47.6 Å². The van der Waals surface area contributed by atoms with Gasteiger partial charge >= 0.3 is 0 Å². The molecule has 30 heavy (non-hydrogen) atoms. The lowest BCUT2D eigenvalue weighted by Crippen LogP contribution is -2.35. The second-order valence-corrected chi connectivity index (χ2v) is 8.99. The van der Waals surface area contributed by atoms with Crippen LogP contribution in [-0.4, -0.2) is 51.3 Å². The largest absolute Gasteiger partial charge is 0.495 e. The smallest absolute Gasteiger partial charge is 0.258 e. The molecule has 0 unspecified atom stereocenters. The Bertz CT molecular complexity index is 1020. The molecule has 9 heteroatoms. The summed E-state index contributed by atoms with van der Waals surface area (Å²) in [4.78, 5) is 26.0. The minimum Gasteiger partial charge on any atom is -0.495 e. The Morgan fingerprint density at radius 2 is 1.77 bits per heavy atom. The van der Waals surface area contributed by atoms with E-state index in [1.54, 1.807) is 38.1 Å². The molecule has 0 aliphatic heterocycles. The van der Waals surface area contributed by atoms with E-state index in [1.807, 2.05) is 0 Å². The number of para-hydroxylation sites is 2. The Balaban J connectivity index is 2.49. The van der Waals surface area contributed by atoms with E-state index in [2.05, 4.69) is 0 Å². The third-order valence-corrected chi connectivity index (χ3v) is 6.72. The Hall–Kier alpha value is -2.91. The molecule has 0 heterocycles. The molecule has 2 rings (SSSR count). The van der Waals surface area contributed by atoms with Gasteiger partial charge in [0.2, 0.25) is 15.9 Å². The molecule has 0 aliphatic rings. The van der Waals surface area contributed by atoms with Gasteiger partial charge in [-0.15, -0.1) is 0 Å². The Morgan fingerprint density at radius 3 is 2.37 bits per heavy atom. The van der Waals surface area contributed by atoms with Crippen LogP contribution < -0.4 is 15.4 Å². The number of carbonyl (C=O) groups is 2. The molecule has 2 amide bonds. The highest BCUT2D eigenvalue weighted by Gasteiger charge is 2.26. The lowest BCUT2D eigenvalue weighted by atomic mass is 10.1. The number of primary amides is 1. The van der Waals surface area contributed by atoms with Gasteiger partial charge in [0.1, 0.15) is 5.75 Å². The van der Waals surface area contributed by atoms with Crippen molar-refractivity contribution in [2.24, 2.45) is 5.73 Å². The van der Waals surface area contributed by atoms with Crippen LogP contribution in [-0.2, 0) is 14.8 Å². The topological polar surface area (TPSA) is 110 Å². The summed E-state index contributed by atoms with van der Waals surface area (Å²) in [5.74, 6) is -0.582. The average Bonchev–Trinajstić information content (AvgIpc) is 2.73. The SMILES string of the molecule is COc1ccccc1N(CCC(N)=O)C(=O)c1cccc(S(=O)(=O)N(C)C(C)C)c1. The third-order valence-electron chi connectivity index (χ3n) is 4.69. The summed E-state index contributed by atoms with van der Waals surface area (Å²) in [6, 6.07) is 12.5. The summed E-state index contributed by atoms with van der Waals surface area (Å²) in [7, 11) is -0.794. The maximum atomic E-state index is 13.3. The highest BCUT2D eigenvalue weighted by Crippen LogP contribution is 2.29. The minimum atomic E-state index is -3.76. The van der Waals surface area contributed by atoms with Gasteiger partial charge in [-0.25, -0.2) is 8.42 Å². The minimum absolute atomic E-state index is 0.0134. The molecular weight excluding hydrogens is 406 g/mol. The molecule has 0 aliphatic carbocycles. The van der Waals surface area contributed by atoms with Gasteiger partial charge in [-0.2, -0.15) is 4.31 Å². The first-order valence-electron chi connectivity index (χ1n) is 9.41. The molecule has 0 bridgehead atoms. The van der Waals surface area contributed by atoms with Gasteiger partial charge in [0.25, 0.3) is 5.91 Å². The van der Waals surface area contributed by atoms with E-state index >= 15 is 0 Å². The number of sulfonamides is 1. The highest BCUT2D eigenvalue weighted by atomic mass is 32.2. The van der Waals surface area contributed by atoms with Crippen molar-refractivity contribution in [1.82, 2.24) is 4.31 Å². The van der Waals surface area contributed by atoms with E-state index < -0.39 is 21.8 Å². The average molecular weight is 434 g/mol. The summed E-state index contributed by atoms with van der Waals surface area (Å²) >= 11 is 0. The van der Waals surface area contributed by atoms with Gasteiger partial charge in [0, 0.05) is 31.6 Å². The molecule has 2 aromatic carbocycles. The number of nitrogens with zero attached hydrogens (tertiary/aromatic N) is 2. The fourth-order valence-electron chi connectivity index (χ4n) is 2.80. The molecule has 162 valence electrons. The molecule has 0 saturated heterocycles. The Morgan fingerprint density at radius 1 is 1.10 bits per heavy atom. The van der Waals surface area contributed by atoms with Crippen LogP contribution in [0.4, 0.5) is 5.69 Å². The van der Waals surface area contributed by atoms with E-state index in [-0.39, 0.29) is 29.5 Å². The summed E-state index contributed by atoms with van der Waals surface area (Å²) in [5.41, 5.74) is 5.91. The molecule has 0 aromatic heterocycles. The van der Waals surface area contributed by atoms with Gasteiger partial charge in [-0.1, -0.05) is 18.2 Å². The first-order chi connectivity index (χ1) is 14.1. The van der Waals surface area contributed by atoms with Crippen molar-refractivity contribution in [3.63, 3.8) is 0 Å². The number of benzene rings is 2. The van der Waals surface area contributed by atoms with Gasteiger partial charge in [-0.3, -0.25) is 9.59 Å². The number of methoxy groups -OCH3 is 1. The van der Waals surface area contributed by atoms with Crippen molar-refractivity contribution in [3.8, 4) is 5.75 Å². The van der Waals surface area contributed by atoms with Crippen LogP contribution in [0.3, 0.4) is 0 Å². The van der Waals surface area contributed by atoms with E-state index in [4.69, 9.17) is 10.5 Å². The molecule has 8 nitrogen and oxygen atoms in total. The first-order valence-corrected chi connectivity index (χ1v) is 10.8. The molecule has 0 spiro atoms. The number of hydrogen-bond acceptors (Lipinski definition) is 5. The van der Waals surface area contributed by atoms with Crippen LogP contribution in [0.2, 0.25) is 0 Å². The van der Waals surface area contributed by atoms with Crippen LogP contribution in [0.15, 0.2) is 53.4 Å². The van der Waals surface area contributed by atoms with E-state index in [0.717, 1.165) is 0 Å². The van der Waals surface area contributed by atoms with Gasteiger partial charge < -0.3 is 15.4 Å². The van der Waals surface area contributed by atoms with Crippen LogP contribution >= 0.6 is 0 Å². The van der Waals surface area contributed by atoms with Gasteiger partial charge in [0.05, 0.1) is 17.7 Å². The molecule has 2 aromatic rings. The summed E-state index contributed by atoms with van der Waals surface area (Å²) in [5, 5.41) is 0. The van der Waals surface area contributed by atoms with E-state index in [9.17, 15) is 18.0 Å². The number of rotatable bonds is 9. The maximum absolute atomic E-state index is 13.3. The summed E-state index contributed by atoms with van der Waals surface area (Å²) in [6.07, 6.45) is -0.0577. The molecule has 0 atom stereocenters. The Labute approximate surface area is 177 Å². The van der Waals surface area contributed by atoms with Crippen molar-refractivity contribution >= 4 is 27.5 Å². The van der Waals surface area contributed by atoms with Crippen LogP contribution in [0.1, 0.15) is 30.6 Å². The van der Waals surface area contributed by atoms with Gasteiger partial charge in [-0.05, 0) is 44.2 Å². The quantitative estimate of drug-likeness (QED) is 0.652. The van der Waals surface area contributed by atoms with Crippen molar-refractivity contribution < 1.29 is 22.7 Å². The van der Waals surface area contributed by atoms with Crippen molar-refractivity contribution in [2.45, 2.75) is 31.2 Å². The second-order valence-electron chi connectivity index (χ2n) is 6.99. The van der Waals surface area contributed by atoms with Crippen LogP contribution in [0.5, 0.6) is 5.75 Å². The lowest BCUT2D eigenvalue weighted by Gasteiger charge is -2.25. The molecular formula is C21H27N3O5S. The summed E-state index contributed by atoms with van der Waals surface area (Å²) < 4.78 is 32.2. The fraction of sp³-hybridized carbons (Fsp3) is 0.333. The summed E-state index contributed by atoms with van der Waals surface area (Å²) in [6.45, 7) is 3.55. The number of ether oxygens (including phenoxy) is 1. The van der Waals surface area contributed by atoms with Crippen molar-refractivity contribution in [1.29, 1.82) is 0 Å². The zero-order chi connectivity index (χ0) is 22.5. The monoisotopic (exact) mass is 433 g/mol. The van der Waals surface area contributed by atoms with Crippen molar-refractivity contribution in [2.75, 3.05) is 25.6 Å². The number of hydrogen-bond donors (Lipinski definition) is 1. The normalized spacial score (nSPS) is 11.5. The fourth-order valence-corrected chi connectivity index (χ4v) is 4.21. The Kier molecular flexibility index (Phi) is 7.58. The molecule has 0 saturated carbocycles. The van der Waals surface area contributed by atoms with Crippen LogP contribution in [0.25, 0.3) is 0 Å². The van der Waals surface area contributed by atoms with Crippen molar-refractivity contribution in [3.05, 3.63) is 54.1 Å². The van der Waals surface area contributed by atoms with Gasteiger partial charge in [0.15, 0.2) is 0 Å². The maximum Gasteiger partial charge on any atom is 0.258 e. The zero-order valence-electron chi connectivity index (χ0n) is 17.5. The zero-order valence-corrected chi connectivity index (χ0v) is 18.3. The van der Waals surface area contributed by atoms with E-state index in [0.29, 0.717) is 11.4 Å². The predicted molar refractivity (Wildman–Crippen MR) is 115 cm³/mol. The molecule has 0 fully saturated rings. The number of amides is 2. The number of anilines is 1.